The van der Waals surface area contributed by atoms with Crippen LogP contribution in [-0.4, -0.2) is 61.9 Å². The maximum atomic E-state index is 9.95. The molecule has 0 aromatic heterocycles. The minimum Gasteiger partial charge on any atom is -0.389 e. The van der Waals surface area contributed by atoms with Crippen molar-refractivity contribution in [1.29, 1.82) is 0 Å². The van der Waals surface area contributed by atoms with Gasteiger partial charge in [0.25, 0.3) is 0 Å². The van der Waals surface area contributed by atoms with Gasteiger partial charge in [0.05, 0.1) is 18.3 Å². The van der Waals surface area contributed by atoms with Crippen LogP contribution in [0.25, 0.3) is 0 Å². The van der Waals surface area contributed by atoms with Crippen molar-refractivity contribution < 1.29 is 19.7 Å². The predicted molar refractivity (Wildman–Crippen MR) is 71.7 cm³/mol. The van der Waals surface area contributed by atoms with Gasteiger partial charge in [-0.15, -0.1) is 0 Å². The minimum atomic E-state index is -0.811. The molecule has 110 valence electrons. The molecular formula is C13H29NO4. The number of hydrogen-bond donors (Lipinski definition) is 3. The highest BCUT2D eigenvalue weighted by molar-refractivity contribution is 4.76. The number of rotatable bonds is 11. The Balaban J connectivity index is 3.57. The summed E-state index contributed by atoms with van der Waals surface area (Å²) in [5.74, 6) is 0.472. The summed E-state index contributed by atoms with van der Waals surface area (Å²) in [6.07, 6.45) is 0.0261. The van der Waals surface area contributed by atoms with E-state index in [0.717, 1.165) is 0 Å². The Kier molecular flexibility index (Phi) is 9.59. The van der Waals surface area contributed by atoms with Gasteiger partial charge in [0, 0.05) is 39.8 Å². The highest BCUT2D eigenvalue weighted by Gasteiger charge is 2.19. The molecule has 0 bridgehead atoms. The molecule has 2 atom stereocenters. The van der Waals surface area contributed by atoms with E-state index in [4.69, 9.17) is 9.47 Å². The molecule has 0 aliphatic rings. The van der Waals surface area contributed by atoms with E-state index in [1.807, 2.05) is 0 Å². The second-order valence-corrected chi connectivity index (χ2v) is 5.46. The normalized spacial score (nSPS) is 16.8. The van der Waals surface area contributed by atoms with Gasteiger partial charge in [-0.3, -0.25) is 0 Å². The molecular weight excluding hydrogens is 234 g/mol. The van der Waals surface area contributed by atoms with Crippen LogP contribution in [0.15, 0.2) is 0 Å². The lowest BCUT2D eigenvalue weighted by molar-refractivity contribution is 0.00957. The third-order valence-electron chi connectivity index (χ3n) is 2.49. The molecule has 0 radical (unpaired) electrons. The molecule has 3 N–H and O–H groups in total. The van der Waals surface area contributed by atoms with Gasteiger partial charge in [-0.05, 0) is 12.8 Å². The summed E-state index contributed by atoms with van der Waals surface area (Å²) >= 11 is 0. The number of aliphatic hydroxyl groups is 2. The maximum absolute atomic E-state index is 9.95. The Hall–Kier alpha value is -0.200. The number of ether oxygens (including phenoxy) is 2. The average Bonchev–Trinajstić information content (AvgIpc) is 2.25. The second kappa shape index (κ2) is 9.69. The molecule has 0 heterocycles. The Labute approximate surface area is 110 Å². The van der Waals surface area contributed by atoms with Crippen molar-refractivity contribution in [2.24, 2.45) is 5.92 Å². The first-order valence-electron chi connectivity index (χ1n) is 6.55. The van der Waals surface area contributed by atoms with Crippen molar-refractivity contribution in [3.8, 4) is 0 Å². The van der Waals surface area contributed by atoms with E-state index in [1.165, 1.54) is 0 Å². The first kappa shape index (κ1) is 17.8. The first-order chi connectivity index (χ1) is 8.37. The fourth-order valence-electron chi connectivity index (χ4n) is 1.42. The largest absolute Gasteiger partial charge is 0.389 e. The number of nitrogens with one attached hydrogen (secondary N) is 1. The number of hydrogen-bond acceptors (Lipinski definition) is 5. The molecule has 0 fully saturated rings. The quantitative estimate of drug-likeness (QED) is 0.503. The van der Waals surface area contributed by atoms with Crippen LogP contribution in [0.4, 0.5) is 0 Å². The van der Waals surface area contributed by atoms with E-state index < -0.39 is 11.7 Å². The Morgan fingerprint density at radius 1 is 1.28 bits per heavy atom. The van der Waals surface area contributed by atoms with Crippen molar-refractivity contribution in [2.75, 3.05) is 40.0 Å². The number of aliphatic hydroxyl groups excluding tert-OH is 1. The molecule has 0 aliphatic heterocycles. The molecule has 2 unspecified atom stereocenters. The van der Waals surface area contributed by atoms with Gasteiger partial charge >= 0.3 is 0 Å². The van der Waals surface area contributed by atoms with Crippen LogP contribution in [0, 0.1) is 5.92 Å². The van der Waals surface area contributed by atoms with Gasteiger partial charge < -0.3 is 25.0 Å². The van der Waals surface area contributed by atoms with Crippen molar-refractivity contribution in [3.63, 3.8) is 0 Å². The third kappa shape index (κ3) is 10.9. The van der Waals surface area contributed by atoms with Crippen LogP contribution in [0.3, 0.4) is 0 Å². The summed E-state index contributed by atoms with van der Waals surface area (Å²) in [4.78, 5) is 0. The van der Waals surface area contributed by atoms with Crippen LogP contribution in [0.5, 0.6) is 0 Å². The van der Waals surface area contributed by atoms with Crippen molar-refractivity contribution in [3.05, 3.63) is 0 Å². The number of methoxy groups -OCH3 is 1. The summed E-state index contributed by atoms with van der Waals surface area (Å²) < 4.78 is 10.3. The Morgan fingerprint density at radius 3 is 2.50 bits per heavy atom. The zero-order valence-corrected chi connectivity index (χ0v) is 12.1. The van der Waals surface area contributed by atoms with Crippen molar-refractivity contribution in [1.82, 2.24) is 5.32 Å². The van der Waals surface area contributed by atoms with Crippen LogP contribution in [-0.2, 0) is 9.47 Å². The summed E-state index contributed by atoms with van der Waals surface area (Å²) in [7, 11) is 1.61. The molecule has 18 heavy (non-hydrogen) atoms. The standard InChI is InChI=1S/C13H29NO4/c1-11(2)8-18-9-12(15)7-14-10-13(3,16)5-6-17-4/h11-12,14-16H,5-10H2,1-4H3. The molecule has 5 heteroatoms. The van der Waals surface area contributed by atoms with Crippen LogP contribution >= 0.6 is 0 Å². The van der Waals surface area contributed by atoms with E-state index in [-0.39, 0.29) is 0 Å². The lowest BCUT2D eigenvalue weighted by Crippen LogP contribution is -2.42. The summed E-state index contributed by atoms with van der Waals surface area (Å²) in [6.45, 7) is 8.23. The van der Waals surface area contributed by atoms with Gasteiger partial charge in [0.15, 0.2) is 0 Å². The summed E-state index contributed by atoms with van der Waals surface area (Å²) in [5.41, 5.74) is -0.811. The fourth-order valence-corrected chi connectivity index (χ4v) is 1.42. The predicted octanol–water partition coefficient (Wildman–Crippen LogP) is 0.397. The van der Waals surface area contributed by atoms with E-state index in [2.05, 4.69) is 19.2 Å². The Morgan fingerprint density at radius 2 is 1.94 bits per heavy atom. The van der Waals surface area contributed by atoms with Gasteiger partial charge in [0.1, 0.15) is 0 Å². The zero-order chi connectivity index (χ0) is 14.0. The molecule has 0 rings (SSSR count). The van der Waals surface area contributed by atoms with E-state index in [9.17, 15) is 10.2 Å². The monoisotopic (exact) mass is 263 g/mol. The van der Waals surface area contributed by atoms with Gasteiger partial charge in [-0.25, -0.2) is 0 Å². The summed E-state index contributed by atoms with van der Waals surface area (Å²) in [6, 6.07) is 0. The average molecular weight is 263 g/mol. The molecule has 0 saturated heterocycles. The lowest BCUT2D eigenvalue weighted by atomic mass is 10.0. The van der Waals surface area contributed by atoms with E-state index in [0.29, 0.717) is 45.2 Å². The smallest absolute Gasteiger partial charge is 0.0897 e. The summed E-state index contributed by atoms with van der Waals surface area (Å²) in [5, 5.41) is 22.6. The highest BCUT2D eigenvalue weighted by atomic mass is 16.5. The fraction of sp³-hybridized carbons (Fsp3) is 1.00. The molecule has 0 aliphatic carbocycles. The van der Waals surface area contributed by atoms with E-state index in [1.54, 1.807) is 14.0 Å². The Bertz CT molecular complexity index is 197. The molecule has 0 spiro atoms. The van der Waals surface area contributed by atoms with Gasteiger partial charge in [-0.1, -0.05) is 13.8 Å². The van der Waals surface area contributed by atoms with Gasteiger partial charge in [0.2, 0.25) is 0 Å². The van der Waals surface area contributed by atoms with Crippen molar-refractivity contribution in [2.45, 2.75) is 38.9 Å². The SMILES string of the molecule is COCCC(C)(O)CNCC(O)COCC(C)C. The second-order valence-electron chi connectivity index (χ2n) is 5.46. The van der Waals surface area contributed by atoms with Crippen molar-refractivity contribution >= 4 is 0 Å². The lowest BCUT2D eigenvalue weighted by Gasteiger charge is -2.24. The van der Waals surface area contributed by atoms with Crippen LogP contribution in [0.1, 0.15) is 27.2 Å². The highest BCUT2D eigenvalue weighted by Crippen LogP contribution is 2.07. The van der Waals surface area contributed by atoms with Crippen LogP contribution in [0.2, 0.25) is 0 Å². The van der Waals surface area contributed by atoms with Crippen LogP contribution < -0.4 is 5.32 Å². The molecule has 0 aromatic rings. The molecule has 5 nitrogen and oxygen atoms in total. The first-order valence-corrected chi connectivity index (χ1v) is 6.55. The minimum absolute atomic E-state index is 0.325. The molecule has 0 amide bonds. The zero-order valence-electron chi connectivity index (χ0n) is 12.1. The topological polar surface area (TPSA) is 71.0 Å². The van der Waals surface area contributed by atoms with E-state index >= 15 is 0 Å². The molecule has 0 saturated carbocycles. The maximum Gasteiger partial charge on any atom is 0.0897 e. The third-order valence-corrected chi connectivity index (χ3v) is 2.49. The van der Waals surface area contributed by atoms with Gasteiger partial charge in [-0.2, -0.15) is 0 Å². The molecule has 0 aromatic carbocycles.